The van der Waals surface area contributed by atoms with Gasteiger partial charge in [0.25, 0.3) is 5.91 Å². The molecule has 2 unspecified atom stereocenters. The first kappa shape index (κ1) is 26.4. The van der Waals surface area contributed by atoms with Crippen LogP contribution in [0.5, 0.6) is 0 Å². The number of nitrogens with zero attached hydrogens (tertiary/aromatic N) is 4. The van der Waals surface area contributed by atoms with E-state index in [1.807, 2.05) is 36.7 Å². The molecule has 1 saturated heterocycles. The van der Waals surface area contributed by atoms with E-state index in [1.165, 1.54) is 17.7 Å². The van der Waals surface area contributed by atoms with Crippen LogP contribution in [0.1, 0.15) is 45.9 Å². The first-order valence-corrected chi connectivity index (χ1v) is 13.5. The molecule has 2 N–H and O–H groups in total. The largest absolute Gasteiger partial charge is 0.382 e. The summed E-state index contributed by atoms with van der Waals surface area (Å²) < 4.78 is 26.8. The molecule has 1 aromatic carbocycles. The van der Waals surface area contributed by atoms with Gasteiger partial charge >= 0.3 is 0 Å². The zero-order chi connectivity index (χ0) is 27.8. The SMILES string of the molecule is COCC1CC(c2ccc(Nc3ccc(-c4cnc5cc(F)ccn45)c4c3C(=O)NC4)nc2CN(C)C)CCO1. The van der Waals surface area contributed by atoms with Gasteiger partial charge in [0, 0.05) is 44.6 Å². The van der Waals surface area contributed by atoms with E-state index in [2.05, 4.69) is 26.6 Å². The standard InChI is InChI=1S/C30H33FN6O3/c1-36(2)16-25-21(18-9-11-40-20(12-18)17-39-3)5-7-27(35-25)34-24-6-4-22(23-14-33-30(38)29(23)24)26-15-32-28-13-19(31)8-10-37(26)28/h4-8,10,13,15,18,20H,9,11-12,14,16-17H2,1-3H3,(H,33,38)(H,34,35). The van der Waals surface area contributed by atoms with Gasteiger partial charge in [-0.15, -0.1) is 0 Å². The zero-order valence-corrected chi connectivity index (χ0v) is 22.9. The molecular weight excluding hydrogens is 511 g/mol. The number of imidazole rings is 1. The second-order valence-corrected chi connectivity index (χ2v) is 10.7. The molecule has 5 heterocycles. The lowest BCUT2D eigenvalue weighted by Gasteiger charge is -2.31. The van der Waals surface area contributed by atoms with E-state index in [-0.39, 0.29) is 17.8 Å². The van der Waals surface area contributed by atoms with Crippen molar-refractivity contribution in [1.29, 1.82) is 0 Å². The summed E-state index contributed by atoms with van der Waals surface area (Å²) in [5.41, 5.74) is 6.57. The molecule has 2 aliphatic rings. The van der Waals surface area contributed by atoms with Gasteiger partial charge in [-0.25, -0.2) is 14.4 Å². The summed E-state index contributed by atoms with van der Waals surface area (Å²) in [6.45, 7) is 2.39. The molecule has 208 valence electrons. The Morgan fingerprint density at radius 3 is 2.95 bits per heavy atom. The van der Waals surface area contributed by atoms with Crippen LogP contribution in [0.25, 0.3) is 16.9 Å². The van der Waals surface area contributed by atoms with Gasteiger partial charge in [-0.1, -0.05) is 12.1 Å². The topological polar surface area (TPSA) is 93.0 Å². The van der Waals surface area contributed by atoms with Crippen molar-refractivity contribution in [2.75, 3.05) is 39.7 Å². The van der Waals surface area contributed by atoms with Crippen LogP contribution in [0.2, 0.25) is 0 Å². The zero-order valence-electron chi connectivity index (χ0n) is 22.9. The fourth-order valence-corrected chi connectivity index (χ4v) is 5.83. The van der Waals surface area contributed by atoms with E-state index in [9.17, 15) is 9.18 Å². The number of benzene rings is 1. The molecule has 0 aliphatic carbocycles. The third-order valence-electron chi connectivity index (χ3n) is 7.61. The predicted octanol–water partition coefficient (Wildman–Crippen LogP) is 4.49. The van der Waals surface area contributed by atoms with Gasteiger partial charge in [-0.3, -0.25) is 9.20 Å². The number of anilines is 2. The number of nitrogens with one attached hydrogen (secondary N) is 2. The smallest absolute Gasteiger partial charge is 0.254 e. The van der Waals surface area contributed by atoms with Crippen LogP contribution >= 0.6 is 0 Å². The highest BCUT2D eigenvalue weighted by Gasteiger charge is 2.29. The minimum Gasteiger partial charge on any atom is -0.382 e. The van der Waals surface area contributed by atoms with Gasteiger partial charge in [-0.2, -0.15) is 0 Å². The van der Waals surface area contributed by atoms with Crippen LogP contribution in [0, 0.1) is 5.82 Å². The minimum atomic E-state index is -0.343. The summed E-state index contributed by atoms with van der Waals surface area (Å²) in [6, 6.07) is 10.8. The molecule has 4 aromatic rings. The van der Waals surface area contributed by atoms with Gasteiger partial charge in [0.1, 0.15) is 17.3 Å². The Kier molecular flexibility index (Phi) is 7.22. The fourth-order valence-electron chi connectivity index (χ4n) is 5.83. The van der Waals surface area contributed by atoms with E-state index >= 15 is 0 Å². The number of halogens is 1. The predicted molar refractivity (Wildman–Crippen MR) is 150 cm³/mol. The summed E-state index contributed by atoms with van der Waals surface area (Å²) in [5, 5.41) is 6.37. The molecule has 10 heteroatoms. The van der Waals surface area contributed by atoms with Gasteiger partial charge in [-0.05, 0) is 62.2 Å². The molecule has 3 aromatic heterocycles. The Morgan fingerprint density at radius 2 is 2.12 bits per heavy atom. The van der Waals surface area contributed by atoms with E-state index in [0.29, 0.717) is 54.9 Å². The number of rotatable bonds is 8. The lowest BCUT2D eigenvalue weighted by molar-refractivity contribution is -0.0361. The van der Waals surface area contributed by atoms with Gasteiger partial charge in [0.05, 0.1) is 41.5 Å². The maximum absolute atomic E-state index is 13.7. The average Bonchev–Trinajstić information content (AvgIpc) is 3.53. The van der Waals surface area contributed by atoms with Crippen molar-refractivity contribution in [2.45, 2.75) is 38.0 Å². The summed E-state index contributed by atoms with van der Waals surface area (Å²) in [5.74, 6) is 0.542. The molecule has 0 spiro atoms. The molecule has 40 heavy (non-hydrogen) atoms. The Hall–Kier alpha value is -3.86. The highest BCUT2D eigenvalue weighted by Crippen LogP contribution is 2.37. The average molecular weight is 545 g/mol. The maximum atomic E-state index is 13.7. The molecule has 2 aliphatic heterocycles. The molecule has 0 bridgehead atoms. The lowest BCUT2D eigenvalue weighted by atomic mass is 9.87. The number of ether oxygens (including phenoxy) is 2. The van der Waals surface area contributed by atoms with Gasteiger partial charge in [0.15, 0.2) is 0 Å². The second kappa shape index (κ2) is 11.0. The van der Waals surface area contributed by atoms with Crippen molar-refractivity contribution >= 4 is 23.1 Å². The number of carbonyl (C=O) groups is 1. The number of hydrogen-bond donors (Lipinski definition) is 2. The number of fused-ring (bicyclic) bond motifs is 2. The van der Waals surface area contributed by atoms with E-state index in [0.717, 1.165) is 35.4 Å². The number of hydrogen-bond acceptors (Lipinski definition) is 7. The van der Waals surface area contributed by atoms with Crippen molar-refractivity contribution < 1.29 is 18.7 Å². The third-order valence-corrected chi connectivity index (χ3v) is 7.61. The number of carbonyl (C=O) groups excluding carboxylic acids is 1. The molecule has 9 nitrogen and oxygen atoms in total. The summed E-state index contributed by atoms with van der Waals surface area (Å²) in [4.78, 5) is 24.5. The summed E-state index contributed by atoms with van der Waals surface area (Å²) in [6.07, 6.45) is 5.29. The summed E-state index contributed by atoms with van der Waals surface area (Å²) >= 11 is 0. The highest BCUT2D eigenvalue weighted by atomic mass is 19.1. The van der Waals surface area contributed by atoms with E-state index < -0.39 is 0 Å². The van der Waals surface area contributed by atoms with Gasteiger partial charge < -0.3 is 25.0 Å². The lowest BCUT2D eigenvalue weighted by Crippen LogP contribution is -2.29. The van der Waals surface area contributed by atoms with E-state index in [1.54, 1.807) is 19.5 Å². The Balaban J connectivity index is 1.33. The van der Waals surface area contributed by atoms with Crippen molar-refractivity contribution in [2.24, 2.45) is 0 Å². The van der Waals surface area contributed by atoms with Crippen LogP contribution in [-0.2, 0) is 22.6 Å². The van der Waals surface area contributed by atoms with Crippen LogP contribution in [0.15, 0.2) is 48.8 Å². The molecule has 0 saturated carbocycles. The molecule has 0 radical (unpaired) electrons. The highest BCUT2D eigenvalue weighted by molar-refractivity contribution is 6.06. The third kappa shape index (κ3) is 5.05. The monoisotopic (exact) mass is 544 g/mol. The van der Waals surface area contributed by atoms with Crippen molar-refractivity contribution in [3.8, 4) is 11.3 Å². The summed E-state index contributed by atoms with van der Waals surface area (Å²) in [7, 11) is 5.77. The Bertz CT molecular complexity index is 1570. The second-order valence-electron chi connectivity index (χ2n) is 10.7. The first-order chi connectivity index (χ1) is 19.4. The molecule has 1 amide bonds. The number of aromatic nitrogens is 3. The normalized spacial score (nSPS) is 18.8. The number of pyridine rings is 2. The molecular formula is C30H33FN6O3. The van der Waals surface area contributed by atoms with Crippen LogP contribution < -0.4 is 10.6 Å². The minimum absolute atomic E-state index is 0.0836. The first-order valence-electron chi connectivity index (χ1n) is 13.5. The van der Waals surface area contributed by atoms with Crippen molar-refractivity contribution in [1.82, 2.24) is 24.6 Å². The van der Waals surface area contributed by atoms with Crippen LogP contribution in [-0.4, -0.2) is 65.7 Å². The Labute approximate surface area is 232 Å². The number of amides is 1. The quantitative estimate of drug-likeness (QED) is 0.338. The van der Waals surface area contributed by atoms with Crippen molar-refractivity contribution in [3.63, 3.8) is 0 Å². The van der Waals surface area contributed by atoms with Crippen LogP contribution in [0.3, 0.4) is 0 Å². The molecule has 2 atom stereocenters. The van der Waals surface area contributed by atoms with Crippen molar-refractivity contribution in [3.05, 3.63) is 77.0 Å². The maximum Gasteiger partial charge on any atom is 0.254 e. The Morgan fingerprint density at radius 1 is 1.25 bits per heavy atom. The fraction of sp³-hybridized carbons (Fsp3) is 0.367. The number of methoxy groups -OCH3 is 1. The van der Waals surface area contributed by atoms with Gasteiger partial charge in [0.2, 0.25) is 0 Å². The molecule has 1 fully saturated rings. The van der Waals surface area contributed by atoms with Crippen LogP contribution in [0.4, 0.5) is 15.9 Å². The molecule has 6 rings (SSSR count). The van der Waals surface area contributed by atoms with E-state index in [4.69, 9.17) is 14.5 Å².